The number of hydrogen-bond donors (Lipinski definition) is 0. The lowest BCUT2D eigenvalue weighted by Gasteiger charge is -2.12. The van der Waals surface area contributed by atoms with Gasteiger partial charge in [0.2, 0.25) is 5.78 Å². The third-order valence-electron chi connectivity index (χ3n) is 3.24. The molecule has 1 aromatic carbocycles. The molecule has 0 amide bonds. The molecule has 3 aromatic rings. The normalized spacial score (nSPS) is 11.8. The van der Waals surface area contributed by atoms with Gasteiger partial charge in [-0.3, -0.25) is 13.8 Å². The van der Waals surface area contributed by atoms with Gasteiger partial charge in [0.05, 0.1) is 16.8 Å². The van der Waals surface area contributed by atoms with Crippen LogP contribution in [-0.2, 0) is 12.4 Å². The van der Waals surface area contributed by atoms with Crippen LogP contribution in [0.15, 0.2) is 29.1 Å². The van der Waals surface area contributed by atoms with E-state index in [1.807, 2.05) is 28.7 Å². The van der Waals surface area contributed by atoms with E-state index in [9.17, 15) is 4.79 Å². The highest BCUT2D eigenvalue weighted by atomic mass is 35.5. The van der Waals surface area contributed by atoms with E-state index in [1.165, 1.54) is 0 Å². The Balaban J connectivity index is 2.51. The van der Waals surface area contributed by atoms with E-state index in [2.05, 4.69) is 24.0 Å². The highest BCUT2D eigenvalue weighted by molar-refractivity contribution is 6.16. The molecule has 0 aliphatic rings. The number of alkyl halides is 1. The van der Waals surface area contributed by atoms with Crippen molar-refractivity contribution in [3.05, 3.63) is 40.4 Å². The summed E-state index contributed by atoms with van der Waals surface area (Å²) in [6.45, 7) is 4.74. The predicted octanol–water partition coefficient (Wildman–Crippen LogP) is 2.44. The molecule has 0 unspecified atom stereocenters. The van der Waals surface area contributed by atoms with E-state index in [1.54, 1.807) is 4.57 Å². The molecule has 0 saturated carbocycles. The van der Waals surface area contributed by atoms with Crippen molar-refractivity contribution in [2.45, 2.75) is 26.3 Å². The zero-order chi connectivity index (χ0) is 14.3. The number of halogens is 1. The minimum Gasteiger partial charge on any atom is -0.276 e. The Kier molecular flexibility index (Phi) is 3.22. The lowest BCUT2D eigenvalue weighted by molar-refractivity contribution is 0.517. The Bertz CT molecular complexity index is 834. The average Bonchev–Trinajstić information content (AvgIpc) is 2.87. The standard InChI is InChI=1S/C14H15ClN4O/c1-9(2)8-18-13(20)10-5-3-4-6-11(10)19-12(7-15)16-17-14(18)19/h3-6,9H,7-8H2,1-2H3. The van der Waals surface area contributed by atoms with Crippen LogP contribution < -0.4 is 5.56 Å². The molecule has 0 radical (unpaired) electrons. The second-order valence-corrected chi connectivity index (χ2v) is 5.48. The molecule has 0 aliphatic heterocycles. The molecule has 0 fully saturated rings. The molecule has 2 aromatic heterocycles. The smallest absolute Gasteiger partial charge is 0.262 e. The molecule has 0 atom stereocenters. The zero-order valence-corrected chi connectivity index (χ0v) is 12.1. The lowest BCUT2D eigenvalue weighted by Crippen LogP contribution is -2.25. The van der Waals surface area contributed by atoms with Crippen LogP contribution in [0.4, 0.5) is 0 Å². The van der Waals surface area contributed by atoms with E-state index in [4.69, 9.17) is 11.6 Å². The average molecular weight is 291 g/mol. The molecular weight excluding hydrogens is 276 g/mol. The first kappa shape index (κ1) is 13.1. The van der Waals surface area contributed by atoms with Crippen molar-refractivity contribution in [1.29, 1.82) is 0 Å². The van der Waals surface area contributed by atoms with Crippen molar-refractivity contribution in [3.8, 4) is 0 Å². The molecule has 0 bridgehead atoms. The van der Waals surface area contributed by atoms with Crippen LogP contribution in [0.2, 0.25) is 0 Å². The molecule has 20 heavy (non-hydrogen) atoms. The minimum atomic E-state index is -0.0321. The number of rotatable bonds is 3. The molecule has 3 rings (SSSR count). The van der Waals surface area contributed by atoms with Gasteiger partial charge in [-0.2, -0.15) is 0 Å². The first-order valence-corrected chi connectivity index (χ1v) is 7.08. The fourth-order valence-corrected chi connectivity index (χ4v) is 2.60. The second-order valence-electron chi connectivity index (χ2n) is 5.21. The molecule has 6 heteroatoms. The maximum atomic E-state index is 12.6. The summed E-state index contributed by atoms with van der Waals surface area (Å²) < 4.78 is 3.54. The SMILES string of the molecule is CC(C)Cn1c(=O)c2ccccc2n2c(CCl)nnc12. The van der Waals surface area contributed by atoms with Crippen LogP contribution >= 0.6 is 11.6 Å². The summed E-state index contributed by atoms with van der Waals surface area (Å²) >= 11 is 5.93. The quantitative estimate of drug-likeness (QED) is 0.696. The van der Waals surface area contributed by atoms with Crippen LogP contribution in [-0.4, -0.2) is 19.2 Å². The largest absolute Gasteiger partial charge is 0.276 e. The predicted molar refractivity (Wildman–Crippen MR) is 79.1 cm³/mol. The van der Waals surface area contributed by atoms with Crippen molar-refractivity contribution in [2.75, 3.05) is 0 Å². The fourth-order valence-electron chi connectivity index (χ4n) is 2.43. The van der Waals surface area contributed by atoms with Gasteiger partial charge < -0.3 is 0 Å². The Morgan fingerprint density at radius 2 is 2.00 bits per heavy atom. The number of aromatic nitrogens is 4. The van der Waals surface area contributed by atoms with Gasteiger partial charge >= 0.3 is 0 Å². The van der Waals surface area contributed by atoms with Gasteiger partial charge in [0, 0.05) is 6.54 Å². The number of nitrogens with zero attached hydrogens (tertiary/aromatic N) is 4. The number of hydrogen-bond acceptors (Lipinski definition) is 3. The Morgan fingerprint density at radius 1 is 1.25 bits per heavy atom. The van der Waals surface area contributed by atoms with Crippen molar-refractivity contribution in [1.82, 2.24) is 19.2 Å². The van der Waals surface area contributed by atoms with Gasteiger partial charge in [-0.25, -0.2) is 0 Å². The summed E-state index contributed by atoms with van der Waals surface area (Å²) in [5.41, 5.74) is 0.767. The Morgan fingerprint density at radius 3 is 2.70 bits per heavy atom. The first-order valence-electron chi connectivity index (χ1n) is 6.55. The summed E-state index contributed by atoms with van der Waals surface area (Å²) in [7, 11) is 0. The van der Waals surface area contributed by atoms with Crippen molar-refractivity contribution in [3.63, 3.8) is 0 Å². The summed E-state index contributed by atoms with van der Waals surface area (Å²) in [6.07, 6.45) is 0. The molecule has 0 aliphatic carbocycles. The summed E-state index contributed by atoms with van der Waals surface area (Å²) in [5, 5.41) is 8.90. The summed E-state index contributed by atoms with van der Waals surface area (Å²) in [6, 6.07) is 7.47. The van der Waals surface area contributed by atoms with Crippen molar-refractivity contribution in [2.24, 2.45) is 5.92 Å². The van der Waals surface area contributed by atoms with Gasteiger partial charge in [0.25, 0.3) is 5.56 Å². The minimum absolute atomic E-state index is 0.0321. The Hall–Kier alpha value is -1.88. The van der Waals surface area contributed by atoms with Crippen molar-refractivity contribution < 1.29 is 0 Å². The van der Waals surface area contributed by atoms with E-state index < -0.39 is 0 Å². The van der Waals surface area contributed by atoms with Crippen LogP contribution in [0.3, 0.4) is 0 Å². The fraction of sp³-hybridized carbons (Fsp3) is 0.357. The number of benzene rings is 1. The van der Waals surface area contributed by atoms with Gasteiger partial charge in [-0.1, -0.05) is 26.0 Å². The third kappa shape index (κ3) is 1.89. The van der Waals surface area contributed by atoms with Gasteiger partial charge in [-0.15, -0.1) is 21.8 Å². The molecule has 0 saturated heterocycles. The highest BCUT2D eigenvalue weighted by Gasteiger charge is 2.16. The topological polar surface area (TPSA) is 52.2 Å². The molecule has 104 valence electrons. The molecule has 5 nitrogen and oxygen atoms in total. The summed E-state index contributed by atoms with van der Waals surface area (Å²) in [4.78, 5) is 12.6. The first-order chi connectivity index (χ1) is 9.63. The Labute approximate surface area is 120 Å². The third-order valence-corrected chi connectivity index (χ3v) is 3.48. The molecule has 0 spiro atoms. The zero-order valence-electron chi connectivity index (χ0n) is 11.4. The van der Waals surface area contributed by atoms with Crippen LogP contribution in [0.5, 0.6) is 0 Å². The van der Waals surface area contributed by atoms with Crippen LogP contribution in [0.25, 0.3) is 16.7 Å². The van der Waals surface area contributed by atoms with E-state index in [-0.39, 0.29) is 11.4 Å². The molecule has 0 N–H and O–H groups in total. The number of para-hydroxylation sites is 1. The highest BCUT2D eigenvalue weighted by Crippen LogP contribution is 2.16. The van der Waals surface area contributed by atoms with E-state index >= 15 is 0 Å². The maximum absolute atomic E-state index is 12.6. The molecular formula is C14H15ClN4O. The summed E-state index contributed by atoms with van der Waals surface area (Å²) in [5.74, 6) is 1.80. The van der Waals surface area contributed by atoms with E-state index in [0.29, 0.717) is 29.5 Å². The van der Waals surface area contributed by atoms with Gasteiger partial charge in [0.15, 0.2) is 5.82 Å². The van der Waals surface area contributed by atoms with E-state index in [0.717, 1.165) is 5.52 Å². The lowest BCUT2D eigenvalue weighted by atomic mass is 10.2. The van der Waals surface area contributed by atoms with Crippen LogP contribution in [0, 0.1) is 5.92 Å². The molecule has 2 heterocycles. The monoisotopic (exact) mass is 290 g/mol. The van der Waals surface area contributed by atoms with Crippen LogP contribution in [0.1, 0.15) is 19.7 Å². The van der Waals surface area contributed by atoms with Crippen molar-refractivity contribution >= 4 is 28.3 Å². The maximum Gasteiger partial charge on any atom is 0.262 e. The van der Waals surface area contributed by atoms with Gasteiger partial charge in [-0.05, 0) is 18.1 Å². The van der Waals surface area contributed by atoms with Gasteiger partial charge in [0.1, 0.15) is 0 Å². The second kappa shape index (κ2) is 4.90. The number of fused-ring (bicyclic) bond motifs is 3.